The number of piperazine rings is 1. The lowest BCUT2D eigenvalue weighted by Gasteiger charge is -2.34. The molecule has 0 aromatic rings. The molecular weight excluding hydrogens is 262 g/mol. The highest BCUT2D eigenvalue weighted by atomic mass is 32.2. The Morgan fingerprint density at radius 2 is 1.79 bits per heavy atom. The largest absolute Gasteiger partial charge is 0.314 e. The monoisotopic (exact) mass is 289 g/mol. The van der Waals surface area contributed by atoms with Crippen LogP contribution in [-0.2, 0) is 10.0 Å². The van der Waals surface area contributed by atoms with Crippen molar-refractivity contribution < 1.29 is 8.42 Å². The number of hydrogen-bond acceptors (Lipinski definition) is 4. The molecule has 1 aliphatic heterocycles. The molecule has 0 bridgehead atoms. The van der Waals surface area contributed by atoms with Gasteiger partial charge in [-0.2, -0.15) is 0 Å². The maximum atomic E-state index is 12.2. The highest BCUT2D eigenvalue weighted by molar-refractivity contribution is 7.89. The Morgan fingerprint density at radius 3 is 2.42 bits per heavy atom. The summed E-state index contributed by atoms with van der Waals surface area (Å²) in [5.74, 6) is 0.225. The van der Waals surface area contributed by atoms with E-state index in [2.05, 4.69) is 21.9 Å². The van der Waals surface area contributed by atoms with E-state index in [1.807, 2.05) is 0 Å². The number of hydrogen-bond donors (Lipinski definition) is 2. The smallest absolute Gasteiger partial charge is 0.213 e. The molecule has 2 fully saturated rings. The predicted octanol–water partition coefficient (Wildman–Crippen LogP) is 0.534. The summed E-state index contributed by atoms with van der Waals surface area (Å²) in [5, 5.41) is 3.28. The summed E-state index contributed by atoms with van der Waals surface area (Å²) in [6, 6.07) is 0. The molecule has 6 heteroatoms. The Kier molecular flexibility index (Phi) is 5.22. The minimum Gasteiger partial charge on any atom is -0.314 e. The van der Waals surface area contributed by atoms with Gasteiger partial charge in [0.25, 0.3) is 0 Å². The van der Waals surface area contributed by atoms with Crippen LogP contribution in [-0.4, -0.2) is 57.3 Å². The van der Waals surface area contributed by atoms with Crippen LogP contribution in [0.25, 0.3) is 0 Å². The Bertz CT molecular complexity index is 371. The van der Waals surface area contributed by atoms with Gasteiger partial charge >= 0.3 is 0 Å². The Morgan fingerprint density at radius 1 is 1.16 bits per heavy atom. The quantitative estimate of drug-likeness (QED) is 0.775. The minimum absolute atomic E-state index is 0.208. The van der Waals surface area contributed by atoms with E-state index in [9.17, 15) is 8.42 Å². The van der Waals surface area contributed by atoms with Crippen molar-refractivity contribution >= 4 is 10.0 Å². The van der Waals surface area contributed by atoms with E-state index in [0.717, 1.165) is 51.9 Å². The Balaban J connectivity index is 1.80. The summed E-state index contributed by atoms with van der Waals surface area (Å²) in [6.07, 6.45) is 5.45. The van der Waals surface area contributed by atoms with Gasteiger partial charge in [0.05, 0.1) is 5.75 Å². The zero-order chi connectivity index (χ0) is 13.8. The molecule has 1 aliphatic carbocycles. The first-order chi connectivity index (χ1) is 8.99. The third-order valence-electron chi connectivity index (χ3n) is 4.24. The van der Waals surface area contributed by atoms with Crippen LogP contribution in [0.1, 0.15) is 39.0 Å². The van der Waals surface area contributed by atoms with Gasteiger partial charge in [-0.15, -0.1) is 0 Å². The zero-order valence-corrected chi connectivity index (χ0v) is 12.8. The molecule has 1 saturated heterocycles. The van der Waals surface area contributed by atoms with E-state index >= 15 is 0 Å². The van der Waals surface area contributed by atoms with Crippen molar-refractivity contribution in [2.45, 2.75) is 44.6 Å². The van der Waals surface area contributed by atoms with Crippen molar-refractivity contribution in [1.82, 2.24) is 14.9 Å². The molecule has 1 saturated carbocycles. The van der Waals surface area contributed by atoms with E-state index in [0.29, 0.717) is 6.54 Å². The molecular formula is C13H27N3O2S. The molecule has 0 atom stereocenters. The van der Waals surface area contributed by atoms with Crippen molar-refractivity contribution in [3.8, 4) is 0 Å². The Hall–Kier alpha value is -0.170. The minimum atomic E-state index is -3.15. The van der Waals surface area contributed by atoms with Crippen molar-refractivity contribution in [3.63, 3.8) is 0 Å². The first-order valence-corrected chi connectivity index (χ1v) is 9.09. The predicted molar refractivity (Wildman–Crippen MR) is 77.7 cm³/mol. The molecule has 2 aliphatic rings. The lowest BCUT2D eigenvalue weighted by atomic mass is 9.84. The Labute approximate surface area is 117 Å². The van der Waals surface area contributed by atoms with Gasteiger partial charge in [-0.3, -0.25) is 4.90 Å². The fourth-order valence-electron chi connectivity index (χ4n) is 3.04. The van der Waals surface area contributed by atoms with E-state index < -0.39 is 10.0 Å². The topological polar surface area (TPSA) is 61.4 Å². The van der Waals surface area contributed by atoms with Gasteiger partial charge in [0.1, 0.15) is 0 Å². The standard InChI is InChI=1S/C13H27N3O2S/c1-13(5-3-2-4-6-13)15-19(17,18)12-11-16-9-7-14-8-10-16/h14-15H,2-12H2,1H3. The first kappa shape index (κ1) is 15.2. The average Bonchev–Trinajstić information content (AvgIpc) is 2.37. The van der Waals surface area contributed by atoms with Gasteiger partial charge in [0.15, 0.2) is 0 Å². The van der Waals surface area contributed by atoms with Crippen LogP contribution in [0.15, 0.2) is 0 Å². The second-order valence-corrected chi connectivity index (χ2v) is 7.98. The molecule has 0 unspecified atom stereocenters. The summed E-state index contributed by atoms with van der Waals surface area (Å²) in [4.78, 5) is 2.22. The second-order valence-electron chi connectivity index (χ2n) is 6.13. The molecule has 1 heterocycles. The summed E-state index contributed by atoms with van der Waals surface area (Å²) in [6.45, 7) is 6.53. The van der Waals surface area contributed by atoms with E-state index in [1.54, 1.807) is 0 Å². The molecule has 0 aromatic carbocycles. The number of nitrogens with one attached hydrogen (secondary N) is 2. The molecule has 2 rings (SSSR count). The summed E-state index contributed by atoms with van der Waals surface area (Å²) >= 11 is 0. The van der Waals surface area contributed by atoms with Crippen molar-refractivity contribution in [2.75, 3.05) is 38.5 Å². The van der Waals surface area contributed by atoms with Crippen LogP contribution in [0, 0.1) is 0 Å². The van der Waals surface area contributed by atoms with Gasteiger partial charge in [-0.05, 0) is 19.8 Å². The van der Waals surface area contributed by atoms with Gasteiger partial charge in [0, 0.05) is 38.3 Å². The normalized spacial score (nSPS) is 25.3. The zero-order valence-electron chi connectivity index (χ0n) is 12.0. The van der Waals surface area contributed by atoms with Crippen LogP contribution < -0.4 is 10.0 Å². The second kappa shape index (κ2) is 6.52. The van der Waals surface area contributed by atoms with E-state index in [-0.39, 0.29) is 11.3 Å². The molecule has 2 N–H and O–H groups in total. The van der Waals surface area contributed by atoms with Gasteiger partial charge in [-0.1, -0.05) is 19.3 Å². The summed E-state index contributed by atoms with van der Waals surface area (Å²) in [5.41, 5.74) is -0.208. The number of rotatable bonds is 5. The van der Waals surface area contributed by atoms with Crippen molar-refractivity contribution in [1.29, 1.82) is 0 Å². The number of sulfonamides is 1. The van der Waals surface area contributed by atoms with Crippen LogP contribution in [0.4, 0.5) is 0 Å². The lowest BCUT2D eigenvalue weighted by molar-refractivity contribution is 0.252. The van der Waals surface area contributed by atoms with Crippen molar-refractivity contribution in [2.24, 2.45) is 0 Å². The maximum Gasteiger partial charge on any atom is 0.213 e. The van der Waals surface area contributed by atoms with E-state index in [4.69, 9.17) is 0 Å². The highest BCUT2D eigenvalue weighted by Crippen LogP contribution is 2.28. The van der Waals surface area contributed by atoms with Crippen LogP contribution in [0.5, 0.6) is 0 Å². The number of nitrogens with zero attached hydrogens (tertiary/aromatic N) is 1. The first-order valence-electron chi connectivity index (χ1n) is 7.44. The van der Waals surface area contributed by atoms with Crippen molar-refractivity contribution in [3.05, 3.63) is 0 Å². The molecule has 0 aromatic heterocycles. The van der Waals surface area contributed by atoms with Gasteiger partial charge in [0.2, 0.25) is 10.0 Å². The fourth-order valence-corrected chi connectivity index (χ4v) is 4.60. The molecule has 5 nitrogen and oxygen atoms in total. The summed E-state index contributed by atoms with van der Waals surface area (Å²) in [7, 11) is -3.15. The van der Waals surface area contributed by atoms with Crippen LogP contribution in [0.3, 0.4) is 0 Å². The summed E-state index contributed by atoms with van der Waals surface area (Å²) < 4.78 is 27.3. The highest BCUT2D eigenvalue weighted by Gasteiger charge is 2.31. The third-order valence-corrected chi connectivity index (χ3v) is 5.77. The average molecular weight is 289 g/mol. The molecule has 0 radical (unpaired) electrons. The SMILES string of the molecule is CC1(NS(=O)(=O)CCN2CCNCC2)CCCCC1. The molecule has 0 spiro atoms. The van der Waals surface area contributed by atoms with Gasteiger partial charge < -0.3 is 5.32 Å². The fraction of sp³-hybridized carbons (Fsp3) is 1.00. The lowest BCUT2D eigenvalue weighted by Crippen LogP contribution is -2.50. The molecule has 0 amide bonds. The molecule has 19 heavy (non-hydrogen) atoms. The van der Waals surface area contributed by atoms with Gasteiger partial charge in [-0.25, -0.2) is 13.1 Å². The van der Waals surface area contributed by atoms with Crippen LogP contribution in [0.2, 0.25) is 0 Å². The molecule has 112 valence electrons. The maximum absolute atomic E-state index is 12.2. The van der Waals surface area contributed by atoms with E-state index in [1.165, 1.54) is 6.42 Å². The third kappa shape index (κ3) is 5.02. The van der Waals surface area contributed by atoms with Crippen LogP contribution >= 0.6 is 0 Å².